The third-order valence-corrected chi connectivity index (χ3v) is 9.13. The van der Waals surface area contributed by atoms with Crippen molar-refractivity contribution in [3.8, 4) is 0 Å². The molecule has 0 aromatic heterocycles. The zero-order chi connectivity index (χ0) is 39.2. The maximum absolute atomic E-state index is 10.8. The third kappa shape index (κ3) is 10.3. The minimum absolute atomic E-state index is 0.0186. The largest absolute Gasteiger partial charge is 0.394 e. The van der Waals surface area contributed by atoms with Crippen LogP contribution in [0.5, 0.6) is 0 Å². The summed E-state index contributed by atoms with van der Waals surface area (Å²) in [5, 5.41) is 46.1. The van der Waals surface area contributed by atoms with Crippen LogP contribution in [0.3, 0.4) is 0 Å². The van der Waals surface area contributed by atoms with Gasteiger partial charge in [0.2, 0.25) is 0 Å². The summed E-state index contributed by atoms with van der Waals surface area (Å²) in [4.78, 5) is 11.7. The van der Waals surface area contributed by atoms with E-state index in [0.29, 0.717) is 0 Å². The molecule has 294 valence electrons. The fourth-order valence-corrected chi connectivity index (χ4v) is 6.52. The molecule has 2 aromatic rings. The number of benzene rings is 2. The first kappa shape index (κ1) is 41.4. The Kier molecular flexibility index (Phi) is 15.7. The lowest BCUT2D eigenvalue weighted by Gasteiger charge is -2.49. The van der Waals surface area contributed by atoms with Gasteiger partial charge >= 0.3 is 0 Å². The van der Waals surface area contributed by atoms with Crippen LogP contribution in [0.4, 0.5) is 0 Å². The maximum atomic E-state index is 10.8. The minimum Gasteiger partial charge on any atom is -0.394 e. The molecule has 3 fully saturated rings. The summed E-state index contributed by atoms with van der Waals surface area (Å²) < 4.78 is 48.9. The first-order chi connectivity index (χ1) is 26.9. The normalized spacial score (nSPS) is 34.3. The Morgan fingerprint density at radius 2 is 1.09 bits per heavy atom. The summed E-state index contributed by atoms with van der Waals surface area (Å²) in [6.45, 7) is -1.27. The zero-order valence-electron chi connectivity index (χ0n) is 29.4. The lowest BCUT2D eigenvalue weighted by molar-refractivity contribution is -0.340. The summed E-state index contributed by atoms with van der Waals surface area (Å²) in [5.41, 5.74) is 39.6. The Balaban J connectivity index is 1.56. The highest BCUT2D eigenvalue weighted by Gasteiger charge is 2.55. The van der Waals surface area contributed by atoms with Gasteiger partial charge < -0.3 is 53.2 Å². The highest BCUT2D eigenvalue weighted by atomic mass is 16.8. The zero-order valence-corrected chi connectivity index (χ0v) is 29.4. The van der Waals surface area contributed by atoms with E-state index >= 15 is 0 Å². The molecule has 2 aromatic carbocycles. The second-order valence-electron chi connectivity index (χ2n) is 12.5. The first-order valence-corrected chi connectivity index (χ1v) is 17.1. The van der Waals surface area contributed by atoms with Crippen molar-refractivity contribution in [3.63, 3.8) is 0 Å². The summed E-state index contributed by atoms with van der Waals surface area (Å²) >= 11 is 0. The molecule has 3 aliphatic heterocycles. The third-order valence-electron chi connectivity index (χ3n) is 9.13. The minimum atomic E-state index is -1.68. The van der Waals surface area contributed by atoms with Gasteiger partial charge in [-0.3, -0.25) is 0 Å². The number of rotatable bonds is 18. The summed E-state index contributed by atoms with van der Waals surface area (Å²) in [6, 6.07) is 15.6. The second-order valence-corrected chi connectivity index (χ2v) is 12.5. The molecule has 23 nitrogen and oxygen atoms in total. The molecule has 0 amide bonds. The SMILES string of the molecule is CO[C@@H]1O[C@H](CN=[N+]=[N-])[C@@H](O[C@@H]2O[C@H](CO)[C@@H](O)[C@H]2O)[C@H](O[C@H]2O[C@H](CN=[N+]=[N-])[C@@H](OCc3ccccc3)[C@H](OCc3ccccc3)[C@H]2N=[N+]=[N-])[C@H]1N=[N+]=[N-]. The summed E-state index contributed by atoms with van der Waals surface area (Å²) in [5.74, 6) is 0. The topological polar surface area (TPSA) is 330 Å². The van der Waals surface area contributed by atoms with Crippen LogP contribution in [-0.4, -0.2) is 128 Å². The average Bonchev–Trinajstić information content (AvgIpc) is 3.48. The molecule has 3 N–H and O–H groups in total. The van der Waals surface area contributed by atoms with Crippen LogP contribution >= 0.6 is 0 Å². The van der Waals surface area contributed by atoms with Crippen molar-refractivity contribution in [3.05, 3.63) is 114 Å². The molecule has 0 unspecified atom stereocenters. The number of aliphatic hydroxyl groups is 3. The Hall–Kier alpha value is -4.76. The molecule has 0 bridgehead atoms. The lowest BCUT2D eigenvalue weighted by Crippen LogP contribution is -2.65. The molecule has 23 heteroatoms. The van der Waals surface area contributed by atoms with Crippen LogP contribution in [0.25, 0.3) is 41.8 Å². The monoisotopic (exact) mass is 768 g/mol. The molecule has 0 saturated carbocycles. The van der Waals surface area contributed by atoms with E-state index in [9.17, 15) is 37.4 Å². The fourth-order valence-electron chi connectivity index (χ4n) is 6.52. The molecular weight excluding hydrogens is 728 g/mol. The Bertz CT molecular complexity index is 1710. The van der Waals surface area contributed by atoms with Crippen LogP contribution < -0.4 is 0 Å². The van der Waals surface area contributed by atoms with Crippen molar-refractivity contribution in [2.45, 2.75) is 99.1 Å². The lowest BCUT2D eigenvalue weighted by atomic mass is 9.94. The van der Waals surface area contributed by atoms with E-state index in [0.717, 1.165) is 11.1 Å². The Labute approximate surface area is 313 Å². The van der Waals surface area contributed by atoms with Crippen molar-refractivity contribution in [1.29, 1.82) is 0 Å². The molecule has 3 aliphatic rings. The van der Waals surface area contributed by atoms with E-state index in [2.05, 4.69) is 40.1 Å². The molecule has 3 heterocycles. The first-order valence-electron chi connectivity index (χ1n) is 17.1. The number of azide groups is 4. The second kappa shape index (κ2) is 20.8. The van der Waals surface area contributed by atoms with E-state index < -0.39 is 99.0 Å². The van der Waals surface area contributed by atoms with Crippen molar-refractivity contribution in [1.82, 2.24) is 0 Å². The van der Waals surface area contributed by atoms with Gasteiger partial charge in [0.15, 0.2) is 18.9 Å². The van der Waals surface area contributed by atoms with Gasteiger partial charge in [-0.15, -0.1) is 0 Å². The molecule has 0 spiro atoms. The smallest absolute Gasteiger partial charge is 0.187 e. The molecule has 14 atom stereocenters. The number of aliphatic hydroxyl groups excluding tert-OH is 3. The van der Waals surface area contributed by atoms with Gasteiger partial charge in [0.25, 0.3) is 0 Å². The van der Waals surface area contributed by atoms with Crippen LogP contribution in [-0.2, 0) is 51.1 Å². The number of methoxy groups -OCH3 is 1. The number of nitrogens with zero attached hydrogens (tertiary/aromatic N) is 12. The molecule has 5 rings (SSSR count). The van der Waals surface area contributed by atoms with E-state index in [1.54, 1.807) is 0 Å². The summed E-state index contributed by atoms with van der Waals surface area (Å²) in [6.07, 6.45) is -16.3. The quantitative estimate of drug-likeness (QED) is 0.112. The van der Waals surface area contributed by atoms with Crippen LogP contribution in [0, 0.1) is 0 Å². The van der Waals surface area contributed by atoms with Gasteiger partial charge in [-0.25, -0.2) is 0 Å². The van der Waals surface area contributed by atoms with Crippen LogP contribution in [0.2, 0.25) is 0 Å². The number of hydrogen-bond acceptors (Lipinski definition) is 15. The van der Waals surface area contributed by atoms with Gasteiger partial charge in [0, 0.05) is 26.8 Å². The maximum Gasteiger partial charge on any atom is 0.187 e. The van der Waals surface area contributed by atoms with Gasteiger partial charge in [0.1, 0.15) is 54.8 Å². The van der Waals surface area contributed by atoms with Crippen LogP contribution in [0.1, 0.15) is 11.1 Å². The van der Waals surface area contributed by atoms with Crippen molar-refractivity contribution >= 4 is 0 Å². The standard InChI is InChI=1S/C32H40N12O11/c1-48-30-23(40-44-36)29(27(20(51-30)13-38-42-34)54-32-25(47)24(46)21(14-45)53-32)55-31-22(39-43-35)28(50-16-18-10-6-3-7-11-18)26(19(52-31)12-37-41-33)49-15-17-8-4-2-5-9-17/h2-11,19-32,45-47H,12-16H2,1H3/t19-,20-,21-,22-,23-,24-,25-,26-,27-,28-,29-,30-,31-,32+/m1/s1. The van der Waals surface area contributed by atoms with E-state index in [1.807, 2.05) is 60.7 Å². The van der Waals surface area contributed by atoms with Crippen molar-refractivity contribution in [2.24, 2.45) is 20.5 Å². The van der Waals surface area contributed by atoms with Gasteiger partial charge in [-0.05, 0) is 33.3 Å². The fraction of sp³-hybridized carbons (Fsp3) is 0.625. The Morgan fingerprint density at radius 3 is 1.60 bits per heavy atom. The Morgan fingerprint density at radius 1 is 0.600 bits per heavy atom. The highest BCUT2D eigenvalue weighted by Crippen LogP contribution is 2.37. The van der Waals surface area contributed by atoms with Gasteiger partial charge in [0.05, 0.1) is 45.1 Å². The molecular formula is C32H40N12O11. The number of ether oxygens (including phenoxy) is 8. The molecule has 55 heavy (non-hydrogen) atoms. The van der Waals surface area contributed by atoms with Crippen molar-refractivity contribution < 1.29 is 53.2 Å². The molecule has 0 radical (unpaired) electrons. The summed E-state index contributed by atoms with van der Waals surface area (Å²) in [7, 11) is 1.26. The molecule has 0 aliphatic carbocycles. The molecule has 3 saturated heterocycles. The van der Waals surface area contributed by atoms with Crippen molar-refractivity contribution in [2.75, 3.05) is 26.8 Å². The van der Waals surface area contributed by atoms with E-state index in [4.69, 9.17) is 37.9 Å². The van der Waals surface area contributed by atoms with Gasteiger partial charge in [-0.1, -0.05) is 81.1 Å². The number of hydrogen-bond donors (Lipinski definition) is 3. The van der Waals surface area contributed by atoms with Gasteiger partial charge in [-0.2, -0.15) is 0 Å². The van der Waals surface area contributed by atoms with Crippen LogP contribution in [0.15, 0.2) is 81.1 Å². The highest BCUT2D eigenvalue weighted by molar-refractivity contribution is 5.15. The van der Waals surface area contributed by atoms with E-state index in [-0.39, 0.29) is 19.8 Å². The predicted octanol–water partition coefficient (Wildman–Crippen LogP) is 3.44. The average molecular weight is 769 g/mol. The van der Waals surface area contributed by atoms with E-state index in [1.165, 1.54) is 7.11 Å². The predicted molar refractivity (Wildman–Crippen MR) is 186 cm³/mol.